The van der Waals surface area contributed by atoms with Gasteiger partial charge in [-0.05, 0) is 52.7 Å². The summed E-state index contributed by atoms with van der Waals surface area (Å²) in [5, 5.41) is 11.5. The van der Waals surface area contributed by atoms with Gasteiger partial charge >= 0.3 is 0 Å². The Bertz CT molecular complexity index is 753. The van der Waals surface area contributed by atoms with E-state index in [1.165, 1.54) is 0 Å². The highest BCUT2D eigenvalue weighted by atomic mass is 79.9. The lowest BCUT2D eigenvalue weighted by molar-refractivity contribution is 0.175. The van der Waals surface area contributed by atoms with Crippen LogP contribution >= 0.6 is 27.3 Å². The largest absolute Gasteiger partial charge is 0.386 e. The summed E-state index contributed by atoms with van der Waals surface area (Å²) in [5.74, 6) is 0. The first-order valence-electron chi connectivity index (χ1n) is 6.42. The maximum absolute atomic E-state index is 10.4. The summed E-state index contributed by atoms with van der Waals surface area (Å²) in [4.78, 5) is 5.73. The Hall–Kier alpha value is -1.23. The average molecular weight is 348 g/mol. The van der Waals surface area contributed by atoms with Crippen molar-refractivity contribution in [2.45, 2.75) is 19.4 Å². The number of benzene rings is 1. The predicted octanol–water partition coefficient (Wildman–Crippen LogP) is 4.64. The van der Waals surface area contributed by atoms with E-state index in [2.05, 4.69) is 33.9 Å². The molecule has 2 heterocycles. The first-order chi connectivity index (χ1) is 9.63. The van der Waals surface area contributed by atoms with E-state index in [1.54, 1.807) is 11.3 Å². The van der Waals surface area contributed by atoms with Crippen molar-refractivity contribution < 1.29 is 5.11 Å². The number of aromatic nitrogens is 1. The van der Waals surface area contributed by atoms with Crippen molar-refractivity contribution >= 4 is 38.2 Å². The summed E-state index contributed by atoms with van der Waals surface area (Å²) in [5.41, 5.74) is 2.83. The summed E-state index contributed by atoms with van der Waals surface area (Å²) in [7, 11) is 0. The lowest BCUT2D eigenvalue weighted by Gasteiger charge is -2.11. The number of hydrogen-bond donors (Lipinski definition) is 1. The van der Waals surface area contributed by atoms with Gasteiger partial charge < -0.3 is 5.11 Å². The monoisotopic (exact) mass is 347 g/mol. The minimum Gasteiger partial charge on any atom is -0.386 e. The zero-order valence-corrected chi connectivity index (χ0v) is 13.4. The topological polar surface area (TPSA) is 33.1 Å². The fourth-order valence-electron chi connectivity index (χ4n) is 2.30. The Labute approximate surface area is 130 Å². The fourth-order valence-corrected chi connectivity index (χ4v) is 3.82. The summed E-state index contributed by atoms with van der Waals surface area (Å²) in [6.45, 7) is 2.06. The van der Waals surface area contributed by atoms with Crippen LogP contribution in [0.2, 0.25) is 0 Å². The normalized spacial score (nSPS) is 12.8. The minimum absolute atomic E-state index is 0.566. The van der Waals surface area contributed by atoms with E-state index in [0.717, 1.165) is 30.8 Å². The first-order valence-corrected chi connectivity index (χ1v) is 8.03. The molecule has 0 aliphatic rings. The Morgan fingerprint density at radius 2 is 2.05 bits per heavy atom. The smallest absolute Gasteiger partial charge is 0.101 e. The molecule has 0 aliphatic carbocycles. The first kappa shape index (κ1) is 13.7. The molecule has 0 saturated carbocycles. The van der Waals surface area contributed by atoms with Crippen molar-refractivity contribution in [3.05, 3.63) is 62.4 Å². The van der Waals surface area contributed by atoms with Crippen molar-refractivity contribution in [1.82, 2.24) is 4.98 Å². The molecule has 3 aromatic rings. The van der Waals surface area contributed by atoms with Gasteiger partial charge in [0.05, 0.1) is 15.0 Å². The predicted molar refractivity (Wildman–Crippen MR) is 87.2 cm³/mol. The van der Waals surface area contributed by atoms with Gasteiger partial charge in [0.15, 0.2) is 0 Å². The zero-order valence-electron chi connectivity index (χ0n) is 11.0. The lowest BCUT2D eigenvalue weighted by atomic mass is 10.1. The molecule has 102 valence electrons. The molecule has 1 unspecified atom stereocenters. The molecule has 0 bridgehead atoms. The van der Waals surface area contributed by atoms with Gasteiger partial charge in [0.25, 0.3) is 0 Å². The summed E-state index contributed by atoms with van der Waals surface area (Å²) < 4.78 is 1.09. The van der Waals surface area contributed by atoms with Crippen LogP contribution in [0.5, 0.6) is 0 Å². The number of halogens is 1. The second-order valence-electron chi connectivity index (χ2n) is 4.81. The molecule has 3 rings (SSSR count). The van der Waals surface area contributed by atoms with E-state index in [4.69, 9.17) is 0 Å². The van der Waals surface area contributed by atoms with Crippen LogP contribution in [0, 0.1) is 6.92 Å². The Kier molecular flexibility index (Phi) is 3.87. The SMILES string of the molecule is Cc1cc(C(O)Cc2ccc(Br)s2)nc2ccccc12. The maximum atomic E-state index is 10.4. The van der Waals surface area contributed by atoms with E-state index in [0.29, 0.717) is 6.42 Å². The molecule has 0 amide bonds. The average Bonchev–Trinajstić information content (AvgIpc) is 2.84. The molecule has 0 radical (unpaired) electrons. The zero-order chi connectivity index (χ0) is 14.1. The fraction of sp³-hybridized carbons (Fsp3) is 0.188. The van der Waals surface area contributed by atoms with E-state index >= 15 is 0 Å². The molecule has 0 fully saturated rings. The van der Waals surface area contributed by atoms with Crippen molar-refractivity contribution in [3.63, 3.8) is 0 Å². The molecule has 2 aromatic heterocycles. The van der Waals surface area contributed by atoms with Gasteiger partial charge in [-0.3, -0.25) is 4.98 Å². The Morgan fingerprint density at radius 3 is 2.80 bits per heavy atom. The number of hydrogen-bond acceptors (Lipinski definition) is 3. The van der Waals surface area contributed by atoms with Crippen LogP contribution in [0.1, 0.15) is 22.2 Å². The van der Waals surface area contributed by atoms with Crippen molar-refractivity contribution in [3.8, 4) is 0 Å². The highest BCUT2D eigenvalue weighted by Crippen LogP contribution is 2.28. The molecule has 20 heavy (non-hydrogen) atoms. The number of aliphatic hydroxyl groups excluding tert-OH is 1. The third-order valence-corrected chi connectivity index (χ3v) is 4.95. The van der Waals surface area contributed by atoms with Gasteiger partial charge in [-0.25, -0.2) is 0 Å². The van der Waals surface area contributed by atoms with Gasteiger partial charge in [-0.2, -0.15) is 0 Å². The lowest BCUT2D eigenvalue weighted by Crippen LogP contribution is -2.04. The standard InChI is InChI=1S/C16H14BrNOS/c1-10-8-14(18-13-5-3-2-4-12(10)13)15(19)9-11-6-7-16(17)20-11/h2-8,15,19H,9H2,1H3. The van der Waals surface area contributed by atoms with Crippen molar-refractivity contribution in [2.24, 2.45) is 0 Å². The van der Waals surface area contributed by atoms with Crippen molar-refractivity contribution in [2.75, 3.05) is 0 Å². The Morgan fingerprint density at radius 1 is 1.25 bits per heavy atom. The quantitative estimate of drug-likeness (QED) is 0.748. The van der Waals surface area contributed by atoms with E-state index in [1.807, 2.05) is 36.4 Å². The van der Waals surface area contributed by atoms with Crippen LogP contribution < -0.4 is 0 Å². The molecular weight excluding hydrogens is 334 g/mol. The molecule has 0 aliphatic heterocycles. The number of pyridine rings is 1. The second-order valence-corrected chi connectivity index (χ2v) is 7.35. The van der Waals surface area contributed by atoms with Crippen LogP contribution in [0.25, 0.3) is 10.9 Å². The third kappa shape index (κ3) is 2.77. The number of nitrogens with zero attached hydrogens (tertiary/aromatic N) is 1. The number of para-hydroxylation sites is 1. The van der Waals surface area contributed by atoms with E-state index < -0.39 is 6.10 Å². The van der Waals surface area contributed by atoms with Gasteiger partial charge in [-0.1, -0.05) is 18.2 Å². The second kappa shape index (κ2) is 5.64. The van der Waals surface area contributed by atoms with Gasteiger partial charge in [0, 0.05) is 16.7 Å². The molecular formula is C16H14BrNOS. The van der Waals surface area contributed by atoms with Crippen LogP contribution in [-0.4, -0.2) is 10.1 Å². The summed E-state index contributed by atoms with van der Waals surface area (Å²) >= 11 is 5.09. The summed E-state index contributed by atoms with van der Waals surface area (Å²) in [6.07, 6.45) is 0.0324. The number of thiophene rings is 1. The minimum atomic E-state index is -0.566. The van der Waals surface area contributed by atoms with Gasteiger partial charge in [0.1, 0.15) is 6.10 Å². The maximum Gasteiger partial charge on any atom is 0.101 e. The highest BCUT2D eigenvalue weighted by molar-refractivity contribution is 9.11. The number of fused-ring (bicyclic) bond motifs is 1. The van der Waals surface area contributed by atoms with E-state index in [-0.39, 0.29) is 0 Å². The van der Waals surface area contributed by atoms with Crippen LogP contribution in [0.4, 0.5) is 0 Å². The van der Waals surface area contributed by atoms with Crippen LogP contribution in [-0.2, 0) is 6.42 Å². The van der Waals surface area contributed by atoms with Crippen LogP contribution in [0.15, 0.2) is 46.3 Å². The molecule has 0 spiro atoms. The molecule has 1 atom stereocenters. The number of rotatable bonds is 3. The molecule has 4 heteroatoms. The summed E-state index contributed by atoms with van der Waals surface area (Å²) in [6, 6.07) is 14.1. The molecule has 1 N–H and O–H groups in total. The number of aryl methyl sites for hydroxylation is 1. The van der Waals surface area contributed by atoms with Crippen molar-refractivity contribution in [1.29, 1.82) is 0 Å². The Balaban J connectivity index is 1.93. The third-order valence-electron chi connectivity index (χ3n) is 3.31. The van der Waals surface area contributed by atoms with Gasteiger partial charge in [-0.15, -0.1) is 11.3 Å². The van der Waals surface area contributed by atoms with Crippen LogP contribution in [0.3, 0.4) is 0 Å². The van der Waals surface area contributed by atoms with E-state index in [9.17, 15) is 5.11 Å². The molecule has 1 aromatic carbocycles. The molecule has 2 nitrogen and oxygen atoms in total. The molecule has 0 saturated heterocycles. The van der Waals surface area contributed by atoms with Gasteiger partial charge in [0.2, 0.25) is 0 Å². The number of aliphatic hydroxyl groups is 1. The highest BCUT2D eigenvalue weighted by Gasteiger charge is 2.13.